The van der Waals surface area contributed by atoms with Crippen LogP contribution in [0.4, 0.5) is 0 Å². The van der Waals surface area contributed by atoms with Gasteiger partial charge in [-0.25, -0.2) is 9.36 Å². The first kappa shape index (κ1) is 44.0. The van der Waals surface area contributed by atoms with Gasteiger partial charge in [-0.15, -0.1) is 10.2 Å². The topological polar surface area (TPSA) is 247 Å². The lowest BCUT2D eigenvalue weighted by Gasteiger charge is -2.46. The molecule has 0 amide bonds. The molecule has 2 aliphatic heterocycles. The van der Waals surface area contributed by atoms with Gasteiger partial charge < -0.3 is 42.6 Å². The zero-order valence-electron chi connectivity index (χ0n) is 34.0. The van der Waals surface area contributed by atoms with Crippen molar-refractivity contribution in [1.29, 1.82) is 0 Å². The SMILES string of the molecule is CC(=O)OC[C@@]1(O[C@H]2O[C@H](Cn3cc(-c4ccccc4)nn3)[C@@H](OC(C)=O)[C@H](OC(C)=O)[C@H]2OC(C)=O)O[C@H](Cn2cc(-c3ccccc3)nn2)[C@@H](OC(C)=O)[C@@H]1OC(C)=O. The molecule has 324 valence electrons. The predicted molar refractivity (Wildman–Crippen MR) is 203 cm³/mol. The molecule has 2 aromatic heterocycles. The lowest BCUT2D eigenvalue weighted by molar-refractivity contribution is -0.383. The van der Waals surface area contributed by atoms with Gasteiger partial charge in [0.25, 0.3) is 0 Å². The highest BCUT2D eigenvalue weighted by Gasteiger charge is 2.64. The van der Waals surface area contributed by atoms with Crippen molar-refractivity contribution in [3.05, 3.63) is 73.1 Å². The molecule has 21 nitrogen and oxygen atoms in total. The Morgan fingerprint density at radius 2 is 1.03 bits per heavy atom. The third kappa shape index (κ3) is 11.0. The maximum atomic E-state index is 12.8. The minimum absolute atomic E-state index is 0.192. The standard InChI is InChI=1S/C40H44N6O15/c1-22(47)53-21-40(38(58-27(6)52)35(55-24(3)49)33(60-40)20-46-18-31(42-44-46)29-15-11-8-12-16-29)61-39-37(57-26(5)51)36(56-25(4)50)34(54-23(2)48)32(59-39)19-45-17-30(41-43-45)28-13-9-7-10-14-28/h7-18,32-39H,19-21H2,1-6H3/t32-,33-,34-,35-,36+,37-,38+,39-,40+/m1/s1. The van der Waals surface area contributed by atoms with Gasteiger partial charge in [-0.2, -0.15) is 0 Å². The molecule has 21 heteroatoms. The van der Waals surface area contributed by atoms with Crippen molar-refractivity contribution in [2.75, 3.05) is 6.61 Å². The highest BCUT2D eigenvalue weighted by atomic mass is 16.8. The van der Waals surface area contributed by atoms with Crippen LogP contribution in [0.15, 0.2) is 73.1 Å². The van der Waals surface area contributed by atoms with E-state index in [1.165, 1.54) is 9.36 Å². The molecular weight excluding hydrogens is 804 g/mol. The molecule has 0 unspecified atom stereocenters. The van der Waals surface area contributed by atoms with Crippen LogP contribution in [0, 0.1) is 0 Å². The largest absolute Gasteiger partial charge is 0.460 e. The van der Waals surface area contributed by atoms with Gasteiger partial charge >= 0.3 is 35.8 Å². The van der Waals surface area contributed by atoms with Crippen LogP contribution in [-0.4, -0.2) is 127 Å². The number of carbonyl (C=O) groups is 6. The lowest BCUT2D eigenvalue weighted by Crippen LogP contribution is -2.65. The van der Waals surface area contributed by atoms with E-state index in [9.17, 15) is 28.8 Å². The Morgan fingerprint density at radius 3 is 1.52 bits per heavy atom. The Balaban J connectivity index is 1.43. The molecule has 9 atom stereocenters. The molecule has 61 heavy (non-hydrogen) atoms. The summed E-state index contributed by atoms with van der Waals surface area (Å²) in [6.07, 6.45) is -9.19. The minimum Gasteiger partial charge on any atom is -0.460 e. The number of hydrogen-bond donors (Lipinski definition) is 0. The van der Waals surface area contributed by atoms with Crippen molar-refractivity contribution < 1.29 is 71.4 Å². The fourth-order valence-corrected chi connectivity index (χ4v) is 7.01. The second-order valence-corrected chi connectivity index (χ2v) is 14.1. The summed E-state index contributed by atoms with van der Waals surface area (Å²) in [6, 6.07) is 18.3. The highest BCUT2D eigenvalue weighted by Crippen LogP contribution is 2.42. The quantitative estimate of drug-likeness (QED) is 0.123. The lowest BCUT2D eigenvalue weighted by atomic mass is 9.97. The van der Waals surface area contributed by atoms with Crippen LogP contribution in [-0.2, 0) is 84.5 Å². The van der Waals surface area contributed by atoms with Gasteiger partial charge in [0.15, 0.2) is 30.5 Å². The number of hydrogen-bond acceptors (Lipinski definition) is 19. The number of nitrogens with zero attached hydrogens (tertiary/aromatic N) is 6. The van der Waals surface area contributed by atoms with E-state index < -0.39 is 97.2 Å². The summed E-state index contributed by atoms with van der Waals surface area (Å²) in [7, 11) is 0. The van der Waals surface area contributed by atoms with Gasteiger partial charge in [-0.3, -0.25) is 28.8 Å². The maximum absolute atomic E-state index is 12.8. The highest BCUT2D eigenvalue weighted by molar-refractivity contribution is 5.69. The van der Waals surface area contributed by atoms with E-state index in [0.717, 1.165) is 52.7 Å². The second kappa shape index (κ2) is 19.2. The number of carbonyl (C=O) groups excluding carboxylic acids is 6. The third-order valence-electron chi connectivity index (χ3n) is 9.28. The third-order valence-corrected chi connectivity index (χ3v) is 9.28. The Labute approximate surface area is 348 Å². The molecule has 0 saturated carbocycles. The van der Waals surface area contributed by atoms with Crippen LogP contribution in [0.1, 0.15) is 41.5 Å². The Kier molecular flexibility index (Phi) is 13.8. The first-order valence-corrected chi connectivity index (χ1v) is 19.0. The van der Waals surface area contributed by atoms with Gasteiger partial charge in [-0.05, 0) is 0 Å². The molecule has 2 fully saturated rings. The van der Waals surface area contributed by atoms with Crippen molar-refractivity contribution in [2.45, 2.75) is 109 Å². The Morgan fingerprint density at radius 1 is 0.574 bits per heavy atom. The van der Waals surface area contributed by atoms with E-state index in [1.54, 1.807) is 12.4 Å². The number of esters is 6. The summed E-state index contributed by atoms with van der Waals surface area (Å²) in [5, 5.41) is 16.9. The molecule has 6 rings (SSSR count). The fourth-order valence-electron chi connectivity index (χ4n) is 7.01. The van der Waals surface area contributed by atoms with Gasteiger partial charge in [0, 0.05) is 52.7 Å². The second-order valence-electron chi connectivity index (χ2n) is 14.1. The number of ether oxygens (including phenoxy) is 9. The molecule has 0 spiro atoms. The van der Waals surface area contributed by atoms with Crippen molar-refractivity contribution >= 4 is 35.8 Å². The molecule has 2 saturated heterocycles. The van der Waals surface area contributed by atoms with Crippen molar-refractivity contribution in [1.82, 2.24) is 30.0 Å². The van der Waals surface area contributed by atoms with Gasteiger partial charge in [0.2, 0.25) is 12.1 Å². The summed E-state index contributed by atoms with van der Waals surface area (Å²) in [6.45, 7) is 5.32. The van der Waals surface area contributed by atoms with Crippen LogP contribution in [0.2, 0.25) is 0 Å². The zero-order chi connectivity index (χ0) is 43.8. The summed E-state index contributed by atoms with van der Waals surface area (Å²) < 4.78 is 56.3. The van der Waals surface area contributed by atoms with Gasteiger partial charge in [-0.1, -0.05) is 71.1 Å². The number of rotatable bonds is 15. The summed E-state index contributed by atoms with van der Waals surface area (Å²) in [5.41, 5.74) is 2.47. The van der Waals surface area contributed by atoms with E-state index in [2.05, 4.69) is 20.6 Å². The molecule has 0 bridgehead atoms. The van der Waals surface area contributed by atoms with Crippen LogP contribution in [0.5, 0.6) is 0 Å². The predicted octanol–water partition coefficient (Wildman–Crippen LogP) is 1.96. The number of aromatic nitrogens is 6. The fraction of sp³-hybridized carbons (Fsp3) is 0.450. The van der Waals surface area contributed by atoms with Crippen molar-refractivity contribution in [2.24, 2.45) is 0 Å². The Hall–Kier alpha value is -6.58. The molecule has 0 N–H and O–H groups in total. The first-order chi connectivity index (χ1) is 29.1. The molecule has 0 radical (unpaired) electrons. The monoisotopic (exact) mass is 848 g/mol. The molecule has 2 aromatic carbocycles. The summed E-state index contributed by atoms with van der Waals surface area (Å²) >= 11 is 0. The zero-order valence-corrected chi connectivity index (χ0v) is 34.0. The summed E-state index contributed by atoms with van der Waals surface area (Å²) in [5.74, 6) is -7.52. The van der Waals surface area contributed by atoms with Crippen LogP contribution < -0.4 is 0 Å². The van der Waals surface area contributed by atoms with E-state index in [1.807, 2.05) is 60.7 Å². The van der Waals surface area contributed by atoms with E-state index in [0.29, 0.717) is 11.4 Å². The first-order valence-electron chi connectivity index (χ1n) is 19.0. The normalized spacial score (nSPS) is 25.8. The van der Waals surface area contributed by atoms with Crippen LogP contribution in [0.25, 0.3) is 22.5 Å². The van der Waals surface area contributed by atoms with E-state index in [-0.39, 0.29) is 13.1 Å². The van der Waals surface area contributed by atoms with Crippen molar-refractivity contribution in [3.63, 3.8) is 0 Å². The van der Waals surface area contributed by atoms with Crippen LogP contribution in [0.3, 0.4) is 0 Å². The minimum atomic E-state index is -2.42. The molecular formula is C40H44N6O15. The van der Waals surface area contributed by atoms with Crippen molar-refractivity contribution in [3.8, 4) is 22.5 Å². The number of benzene rings is 2. The molecule has 4 heterocycles. The smallest absolute Gasteiger partial charge is 0.303 e. The molecule has 4 aromatic rings. The van der Waals surface area contributed by atoms with E-state index >= 15 is 0 Å². The van der Waals surface area contributed by atoms with E-state index in [4.69, 9.17) is 42.6 Å². The average Bonchev–Trinajstić information content (AvgIpc) is 3.93. The van der Waals surface area contributed by atoms with Gasteiger partial charge in [0.1, 0.15) is 30.2 Å². The molecule has 2 aliphatic rings. The summed E-state index contributed by atoms with van der Waals surface area (Å²) in [4.78, 5) is 76.0. The molecule has 0 aliphatic carbocycles. The van der Waals surface area contributed by atoms with Gasteiger partial charge in [0.05, 0.1) is 25.5 Å². The average molecular weight is 849 g/mol. The Bertz CT molecular complexity index is 2200. The maximum Gasteiger partial charge on any atom is 0.303 e. The van der Waals surface area contributed by atoms with Crippen LogP contribution >= 0.6 is 0 Å².